The summed E-state index contributed by atoms with van der Waals surface area (Å²) in [5.41, 5.74) is 0.834. The Balaban J connectivity index is 1.89. The highest BCUT2D eigenvalue weighted by Crippen LogP contribution is 2.29. The van der Waals surface area contributed by atoms with Crippen LogP contribution < -0.4 is 0 Å². The fourth-order valence-corrected chi connectivity index (χ4v) is 2.35. The molecule has 1 aromatic heterocycles. The van der Waals surface area contributed by atoms with E-state index < -0.39 is 11.6 Å². The molecule has 3 aromatic rings. The van der Waals surface area contributed by atoms with Gasteiger partial charge in [-0.05, 0) is 55.8 Å². The maximum Gasteiger partial charge on any atom is 0.337 e. The highest BCUT2D eigenvalue weighted by Gasteiger charge is 2.20. The quantitative estimate of drug-likeness (QED) is 0.659. The van der Waals surface area contributed by atoms with Crippen LogP contribution in [0.4, 0.5) is 4.39 Å². The molecule has 1 heterocycles. The van der Waals surface area contributed by atoms with E-state index in [1.165, 1.54) is 21.0 Å². The predicted molar refractivity (Wildman–Crippen MR) is 90.6 cm³/mol. The van der Waals surface area contributed by atoms with Gasteiger partial charge in [0.15, 0.2) is 0 Å². The molecule has 0 atom stereocenters. The van der Waals surface area contributed by atoms with Gasteiger partial charge in [-0.1, -0.05) is 12.1 Å². The lowest BCUT2D eigenvalue weighted by atomic mass is 9.98. The van der Waals surface area contributed by atoms with Gasteiger partial charge >= 0.3 is 5.97 Å². The fourth-order valence-electron chi connectivity index (χ4n) is 2.35. The monoisotopic (exact) mass is 340 g/mol. The summed E-state index contributed by atoms with van der Waals surface area (Å²) >= 11 is 0. The first-order valence-corrected chi connectivity index (χ1v) is 7.70. The molecule has 0 saturated carbocycles. The predicted octanol–water partition coefficient (Wildman–Crippen LogP) is 4.39. The maximum atomic E-state index is 14.1. The molecule has 128 valence electrons. The normalized spacial score (nSPS) is 11.4. The SMILES string of the molecule is COC(=O)c1ccc(-c2nnc(-c3cccc(C(C)(C)F)c3)o2)cc1. The van der Waals surface area contributed by atoms with Gasteiger partial charge in [0.1, 0.15) is 5.67 Å². The van der Waals surface area contributed by atoms with E-state index in [1.807, 2.05) is 0 Å². The van der Waals surface area contributed by atoms with Crippen molar-refractivity contribution in [2.24, 2.45) is 0 Å². The Morgan fingerprint density at radius 2 is 1.68 bits per heavy atom. The zero-order valence-corrected chi connectivity index (χ0v) is 14.1. The van der Waals surface area contributed by atoms with Crippen molar-refractivity contribution in [2.45, 2.75) is 19.5 Å². The van der Waals surface area contributed by atoms with Gasteiger partial charge in [-0.2, -0.15) is 0 Å². The number of benzene rings is 2. The van der Waals surface area contributed by atoms with Crippen LogP contribution in [0.5, 0.6) is 0 Å². The van der Waals surface area contributed by atoms with Crippen LogP contribution in [0.3, 0.4) is 0 Å². The van der Waals surface area contributed by atoms with E-state index in [2.05, 4.69) is 14.9 Å². The molecule has 3 rings (SSSR count). The molecule has 0 unspecified atom stereocenters. The van der Waals surface area contributed by atoms with Crippen LogP contribution in [0.1, 0.15) is 29.8 Å². The van der Waals surface area contributed by atoms with Crippen molar-refractivity contribution in [2.75, 3.05) is 7.11 Å². The summed E-state index contributed by atoms with van der Waals surface area (Å²) < 4.78 is 24.5. The number of halogens is 1. The van der Waals surface area contributed by atoms with Crippen molar-refractivity contribution >= 4 is 5.97 Å². The van der Waals surface area contributed by atoms with Crippen LogP contribution >= 0.6 is 0 Å². The van der Waals surface area contributed by atoms with Gasteiger partial charge in [-0.15, -0.1) is 10.2 Å². The summed E-state index contributed by atoms with van der Waals surface area (Å²) in [6.07, 6.45) is 0. The van der Waals surface area contributed by atoms with E-state index in [4.69, 9.17) is 4.42 Å². The fraction of sp³-hybridized carbons (Fsp3) is 0.211. The Morgan fingerprint density at radius 1 is 1.04 bits per heavy atom. The molecule has 0 amide bonds. The molecule has 0 aliphatic heterocycles. The molecular formula is C19H17FN2O3. The van der Waals surface area contributed by atoms with E-state index in [0.717, 1.165) is 0 Å². The lowest BCUT2D eigenvalue weighted by Gasteiger charge is -2.14. The summed E-state index contributed by atoms with van der Waals surface area (Å²) in [5.74, 6) is 0.206. The topological polar surface area (TPSA) is 65.2 Å². The van der Waals surface area contributed by atoms with E-state index in [9.17, 15) is 9.18 Å². The highest BCUT2D eigenvalue weighted by molar-refractivity contribution is 5.89. The van der Waals surface area contributed by atoms with E-state index >= 15 is 0 Å². The van der Waals surface area contributed by atoms with Gasteiger partial charge in [0.05, 0.1) is 12.7 Å². The number of aromatic nitrogens is 2. The van der Waals surface area contributed by atoms with Crippen molar-refractivity contribution < 1.29 is 18.3 Å². The molecule has 0 aliphatic rings. The highest BCUT2D eigenvalue weighted by atomic mass is 19.1. The molecule has 6 heteroatoms. The molecule has 0 spiro atoms. The lowest BCUT2D eigenvalue weighted by Crippen LogP contribution is -2.08. The third-order valence-electron chi connectivity index (χ3n) is 3.77. The average Bonchev–Trinajstić information content (AvgIpc) is 3.11. The molecule has 0 bridgehead atoms. The number of rotatable bonds is 4. The average molecular weight is 340 g/mol. The second-order valence-corrected chi connectivity index (χ2v) is 6.03. The number of alkyl halides is 1. The summed E-state index contributed by atoms with van der Waals surface area (Å²) in [4.78, 5) is 11.5. The summed E-state index contributed by atoms with van der Waals surface area (Å²) in [7, 11) is 1.33. The molecule has 0 saturated heterocycles. The molecule has 0 fully saturated rings. The van der Waals surface area contributed by atoms with E-state index in [0.29, 0.717) is 34.0 Å². The molecule has 2 aromatic carbocycles. The molecule has 5 nitrogen and oxygen atoms in total. The minimum absolute atomic E-state index is 0.304. The number of hydrogen-bond acceptors (Lipinski definition) is 5. The Bertz CT molecular complexity index is 896. The van der Waals surface area contributed by atoms with Crippen LogP contribution in [-0.2, 0) is 10.4 Å². The summed E-state index contributed by atoms with van der Waals surface area (Å²) in [5, 5.41) is 8.05. The van der Waals surface area contributed by atoms with Crippen molar-refractivity contribution in [1.82, 2.24) is 10.2 Å². The third kappa shape index (κ3) is 3.57. The van der Waals surface area contributed by atoms with Crippen LogP contribution in [0.15, 0.2) is 52.9 Å². The Kier molecular flexibility index (Phi) is 4.35. The number of carbonyl (C=O) groups is 1. The minimum Gasteiger partial charge on any atom is -0.465 e. The van der Waals surface area contributed by atoms with Gasteiger partial charge in [0, 0.05) is 11.1 Å². The number of nitrogens with zero attached hydrogens (tertiary/aromatic N) is 2. The zero-order valence-electron chi connectivity index (χ0n) is 14.1. The van der Waals surface area contributed by atoms with Gasteiger partial charge in [0.25, 0.3) is 0 Å². The van der Waals surface area contributed by atoms with Gasteiger partial charge in [-0.25, -0.2) is 9.18 Å². The van der Waals surface area contributed by atoms with Crippen molar-refractivity contribution in [3.05, 3.63) is 59.7 Å². The minimum atomic E-state index is -1.46. The second-order valence-electron chi connectivity index (χ2n) is 6.03. The first-order chi connectivity index (χ1) is 11.9. The van der Waals surface area contributed by atoms with Crippen LogP contribution in [0, 0.1) is 0 Å². The third-order valence-corrected chi connectivity index (χ3v) is 3.77. The van der Waals surface area contributed by atoms with Gasteiger partial charge < -0.3 is 9.15 Å². The lowest BCUT2D eigenvalue weighted by molar-refractivity contribution is 0.0600. The van der Waals surface area contributed by atoms with Gasteiger partial charge in [-0.3, -0.25) is 0 Å². The largest absolute Gasteiger partial charge is 0.465 e. The molecule has 25 heavy (non-hydrogen) atoms. The number of carbonyl (C=O) groups excluding carboxylic acids is 1. The summed E-state index contributed by atoms with van der Waals surface area (Å²) in [6.45, 7) is 2.99. The van der Waals surface area contributed by atoms with Crippen molar-refractivity contribution in [3.63, 3.8) is 0 Å². The van der Waals surface area contributed by atoms with Crippen molar-refractivity contribution in [3.8, 4) is 22.9 Å². The second kappa shape index (κ2) is 6.47. The Hall–Kier alpha value is -3.02. The summed E-state index contributed by atoms with van der Waals surface area (Å²) in [6, 6.07) is 13.6. The first kappa shape index (κ1) is 16.8. The molecular weight excluding hydrogens is 323 g/mol. The molecule has 0 aliphatic carbocycles. The zero-order chi connectivity index (χ0) is 18.0. The standard InChI is InChI=1S/C19H17FN2O3/c1-19(2,20)15-6-4-5-14(11-15)17-22-21-16(25-17)12-7-9-13(10-8-12)18(23)24-3/h4-11H,1-3H3. The molecule has 0 radical (unpaired) electrons. The molecule has 0 N–H and O–H groups in total. The Morgan fingerprint density at radius 3 is 2.28 bits per heavy atom. The maximum absolute atomic E-state index is 14.1. The van der Waals surface area contributed by atoms with Crippen molar-refractivity contribution in [1.29, 1.82) is 0 Å². The smallest absolute Gasteiger partial charge is 0.337 e. The van der Waals surface area contributed by atoms with E-state index in [1.54, 1.807) is 48.5 Å². The van der Waals surface area contributed by atoms with E-state index in [-0.39, 0.29) is 0 Å². The number of methoxy groups -OCH3 is 1. The number of hydrogen-bond donors (Lipinski definition) is 0. The van der Waals surface area contributed by atoms with Gasteiger partial charge in [0.2, 0.25) is 11.8 Å². The number of esters is 1. The van der Waals surface area contributed by atoms with Crippen LogP contribution in [0.2, 0.25) is 0 Å². The van der Waals surface area contributed by atoms with Crippen LogP contribution in [0.25, 0.3) is 22.9 Å². The number of ether oxygens (including phenoxy) is 1. The first-order valence-electron chi connectivity index (χ1n) is 7.70. The Labute approximate surface area is 144 Å². The van der Waals surface area contributed by atoms with Crippen LogP contribution in [-0.4, -0.2) is 23.3 Å².